The summed E-state index contributed by atoms with van der Waals surface area (Å²) in [5.74, 6) is 1.99. The predicted molar refractivity (Wildman–Crippen MR) is 149 cm³/mol. The second-order valence-electron chi connectivity index (χ2n) is 9.93. The van der Waals surface area contributed by atoms with Crippen molar-refractivity contribution in [2.75, 3.05) is 53.2 Å². The molecule has 0 aromatic heterocycles. The molecule has 1 fully saturated rings. The first-order valence-electron chi connectivity index (χ1n) is 13.3. The number of morpholine rings is 1. The molecule has 0 spiro atoms. The molecule has 3 aromatic rings. The molecular weight excluding hydrogens is 516 g/mol. The molecule has 8 nitrogen and oxygen atoms in total. The third kappa shape index (κ3) is 6.55. The lowest BCUT2D eigenvalue weighted by Gasteiger charge is -2.28. The quantitative estimate of drug-likeness (QED) is 0.398. The molecule has 208 valence electrons. The van der Waals surface area contributed by atoms with Crippen molar-refractivity contribution in [3.8, 4) is 17.2 Å². The number of hydrogen-bond acceptors (Lipinski definition) is 7. The Balaban J connectivity index is 1.34. The molecule has 2 aliphatic rings. The van der Waals surface area contributed by atoms with E-state index in [0.29, 0.717) is 24.5 Å². The van der Waals surface area contributed by atoms with E-state index in [1.165, 1.54) is 0 Å². The van der Waals surface area contributed by atoms with Gasteiger partial charge >= 0.3 is 0 Å². The Bertz CT molecular complexity index is 1340. The smallest absolute Gasteiger partial charge is 0.243 e. The molecule has 1 saturated heterocycles. The average molecular weight is 553 g/mol. The van der Waals surface area contributed by atoms with Crippen LogP contribution in [-0.4, -0.2) is 76.8 Å². The van der Waals surface area contributed by atoms with E-state index in [1.54, 1.807) is 23.5 Å². The van der Waals surface area contributed by atoms with E-state index < -0.39 is 16.1 Å². The van der Waals surface area contributed by atoms with Crippen molar-refractivity contribution in [2.45, 2.75) is 30.8 Å². The molecule has 0 amide bonds. The summed E-state index contributed by atoms with van der Waals surface area (Å²) in [6.07, 6.45) is 0.495. The van der Waals surface area contributed by atoms with Gasteiger partial charge in [0.15, 0.2) is 11.5 Å². The van der Waals surface area contributed by atoms with E-state index in [2.05, 4.69) is 4.90 Å². The van der Waals surface area contributed by atoms with Crippen molar-refractivity contribution < 1.29 is 27.4 Å². The number of para-hydroxylation sites is 1. The Morgan fingerprint density at radius 2 is 1.72 bits per heavy atom. The van der Waals surface area contributed by atoms with E-state index in [0.717, 1.165) is 55.3 Å². The van der Waals surface area contributed by atoms with Gasteiger partial charge < -0.3 is 18.9 Å². The molecule has 0 saturated carbocycles. The summed E-state index contributed by atoms with van der Waals surface area (Å²) in [5.41, 5.74) is 2.79. The summed E-state index contributed by atoms with van der Waals surface area (Å²) in [4.78, 5) is 2.61. The number of nitrogens with zero attached hydrogens (tertiary/aromatic N) is 2. The molecule has 0 radical (unpaired) electrons. The van der Waals surface area contributed by atoms with Gasteiger partial charge in [-0.15, -0.1) is 0 Å². The largest absolute Gasteiger partial charge is 0.493 e. The number of ether oxygens (including phenoxy) is 4. The topological polar surface area (TPSA) is 77.5 Å². The molecule has 0 aliphatic carbocycles. The van der Waals surface area contributed by atoms with Crippen LogP contribution in [0.2, 0.25) is 0 Å². The summed E-state index contributed by atoms with van der Waals surface area (Å²) >= 11 is 0. The van der Waals surface area contributed by atoms with E-state index in [-0.39, 0.29) is 18.0 Å². The van der Waals surface area contributed by atoms with Gasteiger partial charge in [-0.1, -0.05) is 42.0 Å². The number of sulfonamides is 1. The lowest BCUT2D eigenvalue weighted by Crippen LogP contribution is -2.43. The highest BCUT2D eigenvalue weighted by atomic mass is 32.2. The van der Waals surface area contributed by atoms with Crippen LogP contribution in [0.1, 0.15) is 16.7 Å². The molecule has 9 heteroatoms. The maximum absolute atomic E-state index is 13.9. The van der Waals surface area contributed by atoms with Gasteiger partial charge in [0.05, 0.1) is 31.3 Å². The van der Waals surface area contributed by atoms with Crippen LogP contribution in [0.3, 0.4) is 0 Å². The zero-order chi connectivity index (χ0) is 27.2. The number of benzene rings is 3. The molecular formula is C30H36N2O6S. The Labute approximate surface area is 231 Å². The van der Waals surface area contributed by atoms with E-state index in [9.17, 15) is 8.42 Å². The van der Waals surface area contributed by atoms with Crippen molar-refractivity contribution in [1.29, 1.82) is 0 Å². The van der Waals surface area contributed by atoms with Crippen LogP contribution < -0.4 is 14.2 Å². The lowest BCUT2D eigenvalue weighted by molar-refractivity contribution is 0.0322. The summed E-state index contributed by atoms with van der Waals surface area (Å²) in [7, 11) is -2.20. The van der Waals surface area contributed by atoms with E-state index in [1.807, 2.05) is 61.5 Å². The molecule has 0 N–H and O–H groups in total. The normalized spacial score (nSPS) is 18.6. The summed E-state index contributed by atoms with van der Waals surface area (Å²) in [5, 5.41) is 0. The standard InChI is InChI=1S/C30H36N2O6S/c1-23-6-12-28(13-7-23)39(33,34)32-21-25-4-3-5-29(35-2)30(25)38-22-26(32)20-24-8-10-27(11-9-24)37-19-16-31-14-17-36-18-15-31/h3-13,26H,14-22H2,1-2H3/t26-/m0/s1. The fourth-order valence-electron chi connectivity index (χ4n) is 4.97. The molecule has 2 heterocycles. The van der Waals surface area contributed by atoms with Gasteiger partial charge in [0, 0.05) is 31.7 Å². The second kappa shape index (κ2) is 12.4. The lowest BCUT2D eigenvalue weighted by atomic mass is 10.1. The highest BCUT2D eigenvalue weighted by molar-refractivity contribution is 7.89. The van der Waals surface area contributed by atoms with E-state index in [4.69, 9.17) is 18.9 Å². The zero-order valence-electron chi connectivity index (χ0n) is 22.5. The highest BCUT2D eigenvalue weighted by Gasteiger charge is 2.36. The van der Waals surface area contributed by atoms with Crippen LogP contribution in [0.15, 0.2) is 71.6 Å². The van der Waals surface area contributed by atoms with Crippen molar-refractivity contribution in [2.24, 2.45) is 0 Å². The van der Waals surface area contributed by atoms with Crippen molar-refractivity contribution in [3.63, 3.8) is 0 Å². The second-order valence-corrected chi connectivity index (χ2v) is 11.8. The summed E-state index contributed by atoms with van der Waals surface area (Å²) in [6, 6.07) is 20.0. The number of hydrogen-bond donors (Lipinski definition) is 0. The number of fused-ring (bicyclic) bond motifs is 1. The third-order valence-electron chi connectivity index (χ3n) is 7.24. The number of rotatable bonds is 9. The molecule has 0 unspecified atom stereocenters. The first-order chi connectivity index (χ1) is 18.9. The van der Waals surface area contributed by atoms with Gasteiger partial charge in [-0.3, -0.25) is 4.90 Å². The Hall–Kier alpha value is -3.11. The SMILES string of the molecule is COc1cccc2c1OC[C@H](Cc1ccc(OCCN3CCOCC3)cc1)N(S(=O)(=O)c1ccc(C)cc1)C2. The van der Waals surface area contributed by atoms with Gasteiger partial charge in [-0.2, -0.15) is 4.31 Å². The van der Waals surface area contributed by atoms with E-state index >= 15 is 0 Å². The van der Waals surface area contributed by atoms with Crippen LogP contribution in [0.4, 0.5) is 0 Å². The molecule has 1 atom stereocenters. The van der Waals surface area contributed by atoms with Crippen molar-refractivity contribution in [3.05, 3.63) is 83.4 Å². The number of methoxy groups -OCH3 is 1. The van der Waals surface area contributed by atoms with Crippen LogP contribution in [0, 0.1) is 6.92 Å². The third-order valence-corrected chi connectivity index (χ3v) is 9.15. The molecule has 2 aliphatic heterocycles. The minimum atomic E-state index is -3.79. The monoisotopic (exact) mass is 552 g/mol. The Morgan fingerprint density at radius 1 is 0.974 bits per heavy atom. The fraction of sp³-hybridized carbons (Fsp3) is 0.400. The molecule has 0 bridgehead atoms. The minimum Gasteiger partial charge on any atom is -0.493 e. The molecule has 5 rings (SSSR count). The van der Waals surface area contributed by atoms with Gasteiger partial charge in [-0.05, 0) is 49.2 Å². The van der Waals surface area contributed by atoms with Crippen LogP contribution in [0.5, 0.6) is 17.2 Å². The Morgan fingerprint density at radius 3 is 2.44 bits per heavy atom. The first-order valence-corrected chi connectivity index (χ1v) is 14.8. The maximum atomic E-state index is 13.9. The summed E-state index contributed by atoms with van der Waals surface area (Å²) in [6.45, 7) is 7.22. The van der Waals surface area contributed by atoms with Gasteiger partial charge in [-0.25, -0.2) is 8.42 Å². The van der Waals surface area contributed by atoms with Gasteiger partial charge in [0.25, 0.3) is 0 Å². The molecule has 39 heavy (non-hydrogen) atoms. The van der Waals surface area contributed by atoms with Crippen LogP contribution >= 0.6 is 0 Å². The highest BCUT2D eigenvalue weighted by Crippen LogP contribution is 2.37. The first kappa shape index (κ1) is 27.5. The van der Waals surface area contributed by atoms with Crippen LogP contribution in [-0.2, 0) is 27.7 Å². The average Bonchev–Trinajstić information content (AvgIpc) is 3.15. The van der Waals surface area contributed by atoms with Crippen molar-refractivity contribution >= 4 is 10.0 Å². The van der Waals surface area contributed by atoms with Gasteiger partial charge in [0.1, 0.15) is 19.0 Å². The van der Waals surface area contributed by atoms with Crippen molar-refractivity contribution in [1.82, 2.24) is 9.21 Å². The summed E-state index contributed by atoms with van der Waals surface area (Å²) < 4.78 is 52.5. The Kier molecular flexibility index (Phi) is 8.72. The maximum Gasteiger partial charge on any atom is 0.243 e. The van der Waals surface area contributed by atoms with Crippen LogP contribution in [0.25, 0.3) is 0 Å². The van der Waals surface area contributed by atoms with Gasteiger partial charge in [0.2, 0.25) is 10.0 Å². The zero-order valence-corrected chi connectivity index (χ0v) is 23.4. The predicted octanol–water partition coefficient (Wildman–Crippen LogP) is 3.91. The fourth-order valence-corrected chi connectivity index (χ4v) is 6.56. The number of aryl methyl sites for hydroxylation is 1. The minimum absolute atomic E-state index is 0.191. The molecule has 3 aromatic carbocycles.